The summed E-state index contributed by atoms with van der Waals surface area (Å²) in [6.07, 6.45) is 1.20. The van der Waals surface area contributed by atoms with Crippen molar-refractivity contribution in [1.29, 1.82) is 0 Å². The molecular formula is C17H32BrNOSSi. The molecule has 0 fully saturated rings. The van der Waals surface area contributed by atoms with Gasteiger partial charge in [0.05, 0.1) is 12.6 Å². The minimum atomic E-state index is -1.70. The van der Waals surface area contributed by atoms with Crippen LogP contribution < -0.4 is 5.32 Å². The molecule has 1 unspecified atom stereocenters. The molecule has 0 spiro atoms. The number of hydrogen-bond donors (Lipinski definition) is 1. The van der Waals surface area contributed by atoms with E-state index >= 15 is 0 Å². The first kappa shape index (κ1) is 20.4. The summed E-state index contributed by atoms with van der Waals surface area (Å²) < 4.78 is 7.61. The van der Waals surface area contributed by atoms with E-state index in [-0.39, 0.29) is 5.04 Å². The molecule has 128 valence electrons. The monoisotopic (exact) mass is 405 g/mol. The van der Waals surface area contributed by atoms with Gasteiger partial charge in [-0.15, -0.1) is 11.3 Å². The first-order valence-corrected chi connectivity index (χ1v) is 12.7. The lowest BCUT2D eigenvalue weighted by Gasteiger charge is -2.37. The van der Waals surface area contributed by atoms with Gasteiger partial charge in [-0.3, -0.25) is 0 Å². The highest BCUT2D eigenvalue weighted by atomic mass is 79.9. The molecule has 1 aromatic heterocycles. The fourth-order valence-corrected chi connectivity index (χ4v) is 4.33. The Morgan fingerprint density at radius 3 is 2.41 bits per heavy atom. The molecule has 5 heteroatoms. The van der Waals surface area contributed by atoms with Gasteiger partial charge in [0.15, 0.2) is 8.32 Å². The summed E-state index contributed by atoms with van der Waals surface area (Å²) in [6, 6.07) is 2.51. The van der Waals surface area contributed by atoms with Crippen LogP contribution in [0.25, 0.3) is 0 Å². The molecule has 22 heavy (non-hydrogen) atoms. The second-order valence-electron chi connectivity index (χ2n) is 7.93. The van der Waals surface area contributed by atoms with Crippen molar-refractivity contribution in [3.05, 3.63) is 20.8 Å². The van der Waals surface area contributed by atoms with Crippen molar-refractivity contribution in [2.75, 3.05) is 13.2 Å². The largest absolute Gasteiger partial charge is 0.415 e. The van der Waals surface area contributed by atoms with Gasteiger partial charge in [0.2, 0.25) is 0 Å². The summed E-state index contributed by atoms with van der Waals surface area (Å²) in [7, 11) is -1.70. The van der Waals surface area contributed by atoms with E-state index in [0.29, 0.717) is 6.04 Å². The quantitative estimate of drug-likeness (QED) is 0.518. The predicted molar refractivity (Wildman–Crippen MR) is 105 cm³/mol. The second kappa shape index (κ2) is 8.43. The van der Waals surface area contributed by atoms with Gasteiger partial charge in [-0.05, 0) is 59.0 Å². The van der Waals surface area contributed by atoms with Gasteiger partial charge in [0.25, 0.3) is 0 Å². The average molecular weight is 407 g/mol. The summed E-state index contributed by atoms with van der Waals surface area (Å²) in [6.45, 7) is 17.9. The standard InChI is InChI=1S/C17H32BrNOSSi/c1-13(2)8-9-19-15(16-10-14(18)12-21-16)11-20-22(6,7)17(3,4)5/h10,12-13,15,19H,8-9,11H2,1-7H3. The third-order valence-corrected chi connectivity index (χ3v) is 10.8. The average Bonchev–Trinajstić information content (AvgIpc) is 2.78. The highest BCUT2D eigenvalue weighted by Crippen LogP contribution is 2.37. The lowest BCUT2D eigenvalue weighted by atomic mass is 10.1. The molecule has 2 nitrogen and oxygen atoms in total. The summed E-state index contributed by atoms with van der Waals surface area (Å²) in [5, 5.41) is 6.10. The zero-order chi connectivity index (χ0) is 17.0. The van der Waals surface area contributed by atoms with Crippen LogP contribution in [0.4, 0.5) is 0 Å². The van der Waals surface area contributed by atoms with Crippen molar-refractivity contribution in [2.45, 2.75) is 65.2 Å². The maximum Gasteiger partial charge on any atom is 0.192 e. The molecule has 0 bridgehead atoms. The van der Waals surface area contributed by atoms with Crippen LogP contribution in [0.15, 0.2) is 15.9 Å². The van der Waals surface area contributed by atoms with Gasteiger partial charge in [-0.25, -0.2) is 0 Å². The summed E-state index contributed by atoms with van der Waals surface area (Å²) in [5.41, 5.74) is 0. The van der Waals surface area contributed by atoms with Crippen molar-refractivity contribution in [3.63, 3.8) is 0 Å². The first-order valence-electron chi connectivity index (χ1n) is 8.14. The lowest BCUT2D eigenvalue weighted by molar-refractivity contribution is 0.244. The highest BCUT2D eigenvalue weighted by Gasteiger charge is 2.37. The predicted octanol–water partition coefficient (Wildman–Crippen LogP) is 6.21. The van der Waals surface area contributed by atoms with Crippen molar-refractivity contribution in [1.82, 2.24) is 5.32 Å². The number of rotatable bonds is 8. The van der Waals surface area contributed by atoms with E-state index < -0.39 is 8.32 Å². The molecule has 0 amide bonds. The minimum absolute atomic E-state index is 0.255. The molecule has 0 aromatic carbocycles. The van der Waals surface area contributed by atoms with Crippen LogP contribution in [0.2, 0.25) is 18.1 Å². The molecule has 1 atom stereocenters. The van der Waals surface area contributed by atoms with E-state index in [1.165, 1.54) is 11.3 Å². The number of hydrogen-bond acceptors (Lipinski definition) is 3. The molecule has 0 radical (unpaired) electrons. The topological polar surface area (TPSA) is 21.3 Å². The second-order valence-corrected chi connectivity index (χ2v) is 14.6. The van der Waals surface area contributed by atoms with Crippen LogP contribution in [-0.4, -0.2) is 21.5 Å². The molecule has 0 aliphatic heterocycles. The molecule has 0 saturated carbocycles. The van der Waals surface area contributed by atoms with E-state index in [2.05, 4.69) is 80.4 Å². The zero-order valence-electron chi connectivity index (χ0n) is 15.1. The van der Waals surface area contributed by atoms with Gasteiger partial charge < -0.3 is 9.74 Å². The van der Waals surface area contributed by atoms with Crippen molar-refractivity contribution in [3.8, 4) is 0 Å². The SMILES string of the molecule is CC(C)CCNC(CO[Si](C)(C)C(C)(C)C)c1cc(Br)cs1. The minimum Gasteiger partial charge on any atom is -0.415 e. The van der Waals surface area contributed by atoms with Crippen LogP contribution in [0.3, 0.4) is 0 Å². The number of thiophene rings is 1. The van der Waals surface area contributed by atoms with E-state index in [0.717, 1.165) is 23.5 Å². The van der Waals surface area contributed by atoms with Gasteiger partial charge in [-0.1, -0.05) is 34.6 Å². The summed E-state index contributed by atoms with van der Waals surface area (Å²) in [4.78, 5) is 1.36. The Morgan fingerprint density at radius 1 is 1.32 bits per heavy atom. The van der Waals surface area contributed by atoms with Gasteiger partial charge in [0, 0.05) is 14.7 Å². The van der Waals surface area contributed by atoms with Crippen molar-refractivity contribution >= 4 is 35.6 Å². The molecular weight excluding hydrogens is 374 g/mol. The third-order valence-electron chi connectivity index (χ3n) is 4.46. The van der Waals surface area contributed by atoms with E-state index in [4.69, 9.17) is 4.43 Å². The van der Waals surface area contributed by atoms with Crippen molar-refractivity contribution < 1.29 is 4.43 Å². The van der Waals surface area contributed by atoms with Crippen LogP contribution in [0.1, 0.15) is 52.0 Å². The van der Waals surface area contributed by atoms with Crippen LogP contribution in [0.5, 0.6) is 0 Å². The third kappa shape index (κ3) is 6.44. The Hall–Kier alpha value is 0.317. The zero-order valence-corrected chi connectivity index (χ0v) is 18.5. The van der Waals surface area contributed by atoms with Gasteiger partial charge >= 0.3 is 0 Å². The maximum absolute atomic E-state index is 6.45. The fraction of sp³-hybridized carbons (Fsp3) is 0.765. The molecule has 0 aliphatic carbocycles. The number of halogens is 1. The molecule has 1 rings (SSSR count). The Kier molecular flexibility index (Phi) is 7.80. The van der Waals surface area contributed by atoms with Gasteiger partial charge in [0.1, 0.15) is 0 Å². The Balaban J connectivity index is 2.70. The fourth-order valence-electron chi connectivity index (χ4n) is 1.81. The summed E-state index contributed by atoms with van der Waals surface area (Å²) in [5.74, 6) is 0.726. The lowest BCUT2D eigenvalue weighted by Crippen LogP contribution is -2.43. The van der Waals surface area contributed by atoms with Crippen LogP contribution in [0, 0.1) is 5.92 Å². The van der Waals surface area contributed by atoms with E-state index in [1.807, 2.05) is 0 Å². The molecule has 1 heterocycles. The Bertz CT molecular complexity index is 454. The van der Waals surface area contributed by atoms with Crippen LogP contribution >= 0.6 is 27.3 Å². The smallest absolute Gasteiger partial charge is 0.192 e. The molecule has 1 N–H and O–H groups in total. The Labute approximate surface area is 150 Å². The molecule has 0 saturated heterocycles. The van der Waals surface area contributed by atoms with E-state index in [1.54, 1.807) is 11.3 Å². The van der Waals surface area contributed by atoms with E-state index in [9.17, 15) is 0 Å². The molecule has 0 aliphatic rings. The highest BCUT2D eigenvalue weighted by molar-refractivity contribution is 9.10. The number of nitrogens with one attached hydrogen (secondary N) is 1. The maximum atomic E-state index is 6.45. The van der Waals surface area contributed by atoms with Crippen LogP contribution in [-0.2, 0) is 4.43 Å². The first-order chi connectivity index (χ1) is 10.0. The summed E-state index contributed by atoms with van der Waals surface area (Å²) >= 11 is 5.37. The van der Waals surface area contributed by atoms with Crippen molar-refractivity contribution in [2.24, 2.45) is 5.92 Å². The molecule has 1 aromatic rings. The van der Waals surface area contributed by atoms with Gasteiger partial charge in [-0.2, -0.15) is 0 Å². The normalized spacial score (nSPS) is 14.6. The Morgan fingerprint density at radius 2 is 1.95 bits per heavy atom.